The fraction of sp³-hybridized carbons (Fsp3) is 0.333. The molecular weight excluding hydrogens is 366 g/mol. The normalized spacial score (nSPS) is 15.4. The maximum atomic E-state index is 12.2. The molecule has 0 aromatic heterocycles. The molecule has 2 aromatic carbocycles. The Morgan fingerprint density at radius 2 is 2.00 bits per heavy atom. The van der Waals surface area contributed by atoms with Crippen LogP contribution in [0.5, 0.6) is 5.75 Å². The van der Waals surface area contributed by atoms with Gasteiger partial charge in [0.25, 0.3) is 5.91 Å². The van der Waals surface area contributed by atoms with Crippen molar-refractivity contribution in [3.63, 3.8) is 0 Å². The van der Waals surface area contributed by atoms with Crippen LogP contribution in [0.4, 0.5) is 0 Å². The average molecular weight is 388 g/mol. The Hall–Kier alpha value is -2.53. The van der Waals surface area contributed by atoms with E-state index in [0.717, 1.165) is 24.2 Å². The van der Waals surface area contributed by atoms with Crippen molar-refractivity contribution >= 4 is 23.5 Å². The minimum atomic E-state index is -0.430. The van der Waals surface area contributed by atoms with Gasteiger partial charge in [-0.25, -0.2) is 0 Å². The third-order valence-corrected chi connectivity index (χ3v) is 4.65. The quantitative estimate of drug-likeness (QED) is 0.585. The summed E-state index contributed by atoms with van der Waals surface area (Å²) >= 11 is 5.98. The van der Waals surface area contributed by atoms with Crippen molar-refractivity contribution in [3.05, 3.63) is 64.7 Å². The van der Waals surface area contributed by atoms with Gasteiger partial charge in [0.1, 0.15) is 12.4 Å². The molecule has 5 nitrogen and oxygen atoms in total. The van der Waals surface area contributed by atoms with Crippen LogP contribution < -0.4 is 10.1 Å². The highest BCUT2D eigenvalue weighted by Crippen LogP contribution is 2.30. The predicted molar refractivity (Wildman–Crippen MR) is 103 cm³/mol. The lowest BCUT2D eigenvalue weighted by atomic mass is 9.97. The van der Waals surface area contributed by atoms with Crippen LogP contribution in [0, 0.1) is 5.92 Å². The second-order valence-corrected chi connectivity index (χ2v) is 6.95. The summed E-state index contributed by atoms with van der Waals surface area (Å²) in [6.45, 7) is 0.513. The Morgan fingerprint density at radius 3 is 2.81 bits per heavy atom. The molecule has 0 unspecified atom stereocenters. The molecule has 0 saturated heterocycles. The number of carbonyl (C=O) groups excluding carboxylic acids is 2. The summed E-state index contributed by atoms with van der Waals surface area (Å²) in [6.07, 6.45) is 2.22. The fourth-order valence-corrected chi connectivity index (χ4v) is 3.18. The van der Waals surface area contributed by atoms with Crippen molar-refractivity contribution in [1.29, 1.82) is 0 Å². The van der Waals surface area contributed by atoms with Gasteiger partial charge in [-0.15, -0.1) is 0 Å². The largest absolute Gasteiger partial charge is 0.492 e. The van der Waals surface area contributed by atoms with Gasteiger partial charge < -0.3 is 14.8 Å². The van der Waals surface area contributed by atoms with Crippen molar-refractivity contribution in [3.8, 4) is 5.75 Å². The highest BCUT2D eigenvalue weighted by molar-refractivity contribution is 6.30. The zero-order chi connectivity index (χ0) is 19.1. The molecule has 0 radical (unpaired) electrons. The van der Waals surface area contributed by atoms with Gasteiger partial charge in [-0.3, -0.25) is 9.59 Å². The molecular formula is C21H22ClNO4. The first kappa shape index (κ1) is 19.2. The zero-order valence-corrected chi connectivity index (χ0v) is 15.7. The third-order valence-electron chi connectivity index (χ3n) is 4.41. The predicted octanol–water partition coefficient (Wildman–Crippen LogP) is 3.18. The molecule has 1 amide bonds. The van der Waals surface area contributed by atoms with Crippen molar-refractivity contribution in [2.45, 2.75) is 19.3 Å². The van der Waals surface area contributed by atoms with E-state index in [9.17, 15) is 9.59 Å². The average Bonchev–Trinajstić information content (AvgIpc) is 2.69. The van der Waals surface area contributed by atoms with E-state index in [4.69, 9.17) is 21.1 Å². The highest BCUT2D eigenvalue weighted by Gasteiger charge is 2.27. The molecule has 1 N–H and O–H groups in total. The highest BCUT2D eigenvalue weighted by atomic mass is 35.5. The van der Waals surface area contributed by atoms with Crippen LogP contribution in [0.25, 0.3) is 0 Å². The Morgan fingerprint density at radius 1 is 1.19 bits per heavy atom. The summed E-state index contributed by atoms with van der Waals surface area (Å²) in [4.78, 5) is 24.0. The first-order valence-electron chi connectivity index (χ1n) is 9.00. The molecule has 3 rings (SSSR count). The van der Waals surface area contributed by atoms with E-state index in [1.54, 1.807) is 18.2 Å². The van der Waals surface area contributed by atoms with Crippen molar-refractivity contribution in [2.75, 3.05) is 19.8 Å². The molecule has 142 valence electrons. The minimum Gasteiger partial charge on any atom is -0.492 e. The second kappa shape index (κ2) is 9.42. The third kappa shape index (κ3) is 5.73. The number of benzene rings is 2. The molecule has 27 heavy (non-hydrogen) atoms. The standard InChI is InChI=1S/C21H22ClNO4/c22-18-8-9-19-16(12-18)11-17(13-26-19)21(25)27-14-20(24)23-10-4-7-15-5-2-1-3-6-15/h1-3,5-6,8-9,12,17H,4,7,10-11,13-14H2,(H,23,24)/t17-/m1/s1. The molecule has 0 spiro atoms. The van der Waals surface area contributed by atoms with Crippen molar-refractivity contribution in [1.82, 2.24) is 5.32 Å². The van der Waals surface area contributed by atoms with E-state index in [2.05, 4.69) is 17.4 Å². The Labute approximate surface area is 163 Å². The van der Waals surface area contributed by atoms with Gasteiger partial charge in [0.05, 0.1) is 5.92 Å². The lowest BCUT2D eigenvalue weighted by Gasteiger charge is -2.24. The van der Waals surface area contributed by atoms with Crippen LogP contribution in [0.2, 0.25) is 5.02 Å². The SMILES string of the molecule is O=C(COC(=O)[C@H]1COc2ccc(Cl)cc2C1)NCCCc1ccccc1. The number of esters is 1. The van der Waals surface area contributed by atoms with E-state index in [1.165, 1.54) is 5.56 Å². The number of halogens is 1. The first-order chi connectivity index (χ1) is 13.1. The monoisotopic (exact) mass is 387 g/mol. The van der Waals surface area contributed by atoms with E-state index in [0.29, 0.717) is 18.0 Å². The van der Waals surface area contributed by atoms with Crippen LogP contribution in [-0.4, -0.2) is 31.6 Å². The maximum absolute atomic E-state index is 12.2. The topological polar surface area (TPSA) is 64.6 Å². The van der Waals surface area contributed by atoms with Gasteiger partial charge in [0, 0.05) is 11.6 Å². The number of aryl methyl sites for hydroxylation is 1. The number of ether oxygens (including phenoxy) is 2. The molecule has 1 heterocycles. The Kier molecular flexibility index (Phi) is 6.71. The molecule has 6 heteroatoms. The van der Waals surface area contributed by atoms with Gasteiger partial charge in [-0.05, 0) is 48.6 Å². The fourth-order valence-electron chi connectivity index (χ4n) is 2.99. The van der Waals surface area contributed by atoms with Gasteiger partial charge in [-0.2, -0.15) is 0 Å². The lowest BCUT2D eigenvalue weighted by Crippen LogP contribution is -2.34. The van der Waals surface area contributed by atoms with Crippen LogP contribution in [0.1, 0.15) is 17.5 Å². The van der Waals surface area contributed by atoms with Crippen molar-refractivity contribution in [2.24, 2.45) is 5.92 Å². The van der Waals surface area contributed by atoms with E-state index in [-0.39, 0.29) is 19.1 Å². The number of hydrogen-bond donors (Lipinski definition) is 1. The molecule has 1 atom stereocenters. The number of amides is 1. The number of carbonyl (C=O) groups is 2. The smallest absolute Gasteiger partial charge is 0.313 e. The van der Waals surface area contributed by atoms with E-state index < -0.39 is 11.9 Å². The summed E-state index contributed by atoms with van der Waals surface area (Å²) in [5, 5.41) is 3.37. The Balaban J connectivity index is 1.36. The van der Waals surface area contributed by atoms with Crippen LogP contribution in [0.3, 0.4) is 0 Å². The summed E-state index contributed by atoms with van der Waals surface area (Å²) in [6, 6.07) is 15.4. The maximum Gasteiger partial charge on any atom is 0.313 e. The van der Waals surface area contributed by atoms with Crippen LogP contribution in [0.15, 0.2) is 48.5 Å². The minimum absolute atomic E-state index is 0.242. The molecule has 0 fully saturated rings. The molecule has 2 aromatic rings. The summed E-state index contributed by atoms with van der Waals surface area (Å²) in [5.74, 6) is -0.418. The van der Waals surface area contributed by atoms with Gasteiger partial charge in [0.2, 0.25) is 0 Å². The second-order valence-electron chi connectivity index (χ2n) is 6.51. The lowest BCUT2D eigenvalue weighted by molar-refractivity contribution is -0.153. The number of fused-ring (bicyclic) bond motifs is 1. The molecule has 1 aliphatic rings. The molecule has 0 bridgehead atoms. The zero-order valence-electron chi connectivity index (χ0n) is 14.9. The Bertz CT molecular complexity index is 794. The van der Waals surface area contributed by atoms with Crippen LogP contribution in [-0.2, 0) is 27.2 Å². The van der Waals surface area contributed by atoms with Gasteiger partial charge in [-0.1, -0.05) is 41.9 Å². The summed E-state index contributed by atoms with van der Waals surface area (Å²) in [7, 11) is 0. The summed E-state index contributed by atoms with van der Waals surface area (Å²) < 4.78 is 10.7. The number of rotatable bonds is 7. The number of nitrogens with one attached hydrogen (secondary N) is 1. The number of hydrogen-bond acceptors (Lipinski definition) is 4. The van der Waals surface area contributed by atoms with Gasteiger partial charge >= 0.3 is 5.97 Å². The molecule has 0 aliphatic carbocycles. The van der Waals surface area contributed by atoms with Gasteiger partial charge in [0.15, 0.2) is 6.61 Å². The van der Waals surface area contributed by atoms with Crippen molar-refractivity contribution < 1.29 is 19.1 Å². The summed E-state index contributed by atoms with van der Waals surface area (Å²) in [5.41, 5.74) is 2.11. The van der Waals surface area contributed by atoms with E-state index >= 15 is 0 Å². The molecule has 0 saturated carbocycles. The van der Waals surface area contributed by atoms with Crippen LogP contribution >= 0.6 is 11.6 Å². The van der Waals surface area contributed by atoms with E-state index in [1.807, 2.05) is 18.2 Å². The molecule has 1 aliphatic heterocycles. The first-order valence-corrected chi connectivity index (χ1v) is 9.38.